The lowest BCUT2D eigenvalue weighted by molar-refractivity contribution is -0.135. The molecule has 24 heavy (non-hydrogen) atoms. The highest BCUT2D eigenvalue weighted by Crippen LogP contribution is 2.20. The van der Waals surface area contributed by atoms with Crippen LogP contribution in [0, 0.1) is 0 Å². The summed E-state index contributed by atoms with van der Waals surface area (Å²) in [6.07, 6.45) is -1.23. The minimum absolute atomic E-state index is 0. The fourth-order valence-electron chi connectivity index (χ4n) is 2.55. The van der Waals surface area contributed by atoms with Crippen LogP contribution in [0.1, 0.15) is 10.4 Å². The number of ether oxygens (including phenoxy) is 3. The van der Waals surface area contributed by atoms with Crippen molar-refractivity contribution in [1.82, 2.24) is 4.90 Å². The number of likely N-dealkylation sites (N-methyl/N-ethyl adjacent to an activating group) is 1. The number of benzene rings is 1. The fraction of sp³-hybridized carbons (Fsp3) is 0.562. The maximum Gasteiger partial charge on any atom is 0.254 e. The Balaban J connectivity index is 0.00000288. The van der Waals surface area contributed by atoms with E-state index in [0.717, 1.165) is 0 Å². The monoisotopic (exact) mass is 360 g/mol. The molecule has 0 radical (unpaired) electrons. The number of amides is 1. The predicted molar refractivity (Wildman–Crippen MR) is 91.7 cm³/mol. The van der Waals surface area contributed by atoms with E-state index in [-0.39, 0.29) is 24.9 Å². The SMILES string of the molecule is CO[C@@H]1COC[C@@H](N(C)C(=O)c2cccc(OCCN)c2)[C@@H]1O.Cl. The summed E-state index contributed by atoms with van der Waals surface area (Å²) < 4.78 is 16.0. The molecular weight excluding hydrogens is 336 g/mol. The molecule has 1 aromatic rings. The normalized spacial score (nSPS) is 23.2. The smallest absolute Gasteiger partial charge is 0.254 e. The van der Waals surface area contributed by atoms with Gasteiger partial charge < -0.3 is 30.0 Å². The summed E-state index contributed by atoms with van der Waals surface area (Å²) in [6.45, 7) is 1.38. The number of halogens is 1. The quantitative estimate of drug-likeness (QED) is 0.757. The number of hydrogen-bond acceptors (Lipinski definition) is 6. The van der Waals surface area contributed by atoms with Crippen molar-refractivity contribution in [2.75, 3.05) is 40.5 Å². The van der Waals surface area contributed by atoms with Crippen LogP contribution in [0.25, 0.3) is 0 Å². The summed E-state index contributed by atoms with van der Waals surface area (Å²) in [7, 11) is 3.16. The van der Waals surface area contributed by atoms with Crippen LogP contribution in [-0.2, 0) is 9.47 Å². The van der Waals surface area contributed by atoms with Gasteiger partial charge in [-0.05, 0) is 18.2 Å². The third-order valence-electron chi connectivity index (χ3n) is 3.93. The van der Waals surface area contributed by atoms with Crippen molar-refractivity contribution < 1.29 is 24.1 Å². The number of carbonyl (C=O) groups is 1. The van der Waals surface area contributed by atoms with Crippen LogP contribution >= 0.6 is 12.4 Å². The van der Waals surface area contributed by atoms with E-state index >= 15 is 0 Å². The second kappa shape index (κ2) is 9.80. The number of nitrogens with two attached hydrogens (primary N) is 1. The van der Waals surface area contributed by atoms with Crippen LogP contribution in [0.15, 0.2) is 24.3 Å². The number of nitrogens with zero attached hydrogens (tertiary/aromatic N) is 1. The van der Waals surface area contributed by atoms with Gasteiger partial charge in [0, 0.05) is 26.3 Å². The largest absolute Gasteiger partial charge is 0.492 e. The van der Waals surface area contributed by atoms with Crippen LogP contribution in [-0.4, -0.2) is 74.7 Å². The molecule has 1 heterocycles. The van der Waals surface area contributed by atoms with Crippen molar-refractivity contribution in [3.8, 4) is 5.75 Å². The number of rotatable bonds is 6. The molecule has 136 valence electrons. The molecule has 0 aliphatic carbocycles. The van der Waals surface area contributed by atoms with Gasteiger partial charge in [-0.2, -0.15) is 0 Å². The van der Waals surface area contributed by atoms with Gasteiger partial charge in [0.25, 0.3) is 5.91 Å². The zero-order valence-electron chi connectivity index (χ0n) is 13.9. The number of aliphatic hydroxyl groups is 1. The highest BCUT2D eigenvalue weighted by Gasteiger charge is 2.37. The summed E-state index contributed by atoms with van der Waals surface area (Å²) >= 11 is 0. The molecule has 1 aromatic carbocycles. The summed E-state index contributed by atoms with van der Waals surface area (Å²) in [4.78, 5) is 14.1. The van der Waals surface area contributed by atoms with Gasteiger partial charge in [-0.1, -0.05) is 6.07 Å². The summed E-state index contributed by atoms with van der Waals surface area (Å²) in [5, 5.41) is 10.3. The fourth-order valence-corrected chi connectivity index (χ4v) is 2.55. The van der Waals surface area contributed by atoms with Gasteiger partial charge in [-0.15, -0.1) is 12.4 Å². The Morgan fingerprint density at radius 2 is 2.21 bits per heavy atom. The van der Waals surface area contributed by atoms with Gasteiger partial charge >= 0.3 is 0 Å². The molecule has 1 saturated heterocycles. The Kier molecular flexibility index (Phi) is 8.44. The van der Waals surface area contributed by atoms with Crippen molar-refractivity contribution >= 4 is 18.3 Å². The molecule has 0 aromatic heterocycles. The minimum Gasteiger partial charge on any atom is -0.492 e. The Hall–Kier alpha value is -1.38. The Morgan fingerprint density at radius 1 is 1.46 bits per heavy atom. The van der Waals surface area contributed by atoms with E-state index in [9.17, 15) is 9.90 Å². The third kappa shape index (κ3) is 4.81. The molecule has 7 nitrogen and oxygen atoms in total. The molecule has 0 spiro atoms. The molecule has 0 unspecified atom stereocenters. The minimum atomic E-state index is -0.792. The molecule has 0 saturated carbocycles. The highest BCUT2D eigenvalue weighted by atomic mass is 35.5. The van der Waals surface area contributed by atoms with E-state index in [1.807, 2.05) is 0 Å². The van der Waals surface area contributed by atoms with E-state index in [1.54, 1.807) is 31.3 Å². The average Bonchev–Trinajstić information content (AvgIpc) is 2.59. The number of carbonyl (C=O) groups excluding carboxylic acids is 1. The lowest BCUT2D eigenvalue weighted by atomic mass is 10.0. The van der Waals surface area contributed by atoms with Crippen molar-refractivity contribution in [3.63, 3.8) is 0 Å². The number of hydrogen-bond donors (Lipinski definition) is 2. The van der Waals surface area contributed by atoms with Crippen LogP contribution in [0.5, 0.6) is 5.75 Å². The van der Waals surface area contributed by atoms with E-state index in [0.29, 0.717) is 31.1 Å². The van der Waals surface area contributed by atoms with Gasteiger partial charge in [-0.3, -0.25) is 4.79 Å². The maximum atomic E-state index is 12.6. The predicted octanol–water partition coefficient (Wildman–Crippen LogP) is 0.293. The Bertz CT molecular complexity index is 531. The zero-order valence-corrected chi connectivity index (χ0v) is 14.7. The molecule has 2 rings (SSSR count). The first-order chi connectivity index (χ1) is 11.1. The third-order valence-corrected chi connectivity index (χ3v) is 3.93. The Morgan fingerprint density at radius 3 is 2.88 bits per heavy atom. The van der Waals surface area contributed by atoms with Crippen molar-refractivity contribution in [3.05, 3.63) is 29.8 Å². The lowest BCUT2D eigenvalue weighted by Gasteiger charge is -2.38. The first-order valence-corrected chi connectivity index (χ1v) is 7.57. The summed E-state index contributed by atoms with van der Waals surface area (Å²) in [5.41, 5.74) is 5.89. The zero-order chi connectivity index (χ0) is 16.8. The molecule has 3 N–H and O–H groups in total. The molecule has 3 atom stereocenters. The second-order valence-electron chi connectivity index (χ2n) is 5.45. The number of methoxy groups -OCH3 is 1. The van der Waals surface area contributed by atoms with Gasteiger partial charge in [0.2, 0.25) is 0 Å². The summed E-state index contributed by atoms with van der Waals surface area (Å²) in [6, 6.07) is 6.43. The van der Waals surface area contributed by atoms with Gasteiger partial charge in [0.15, 0.2) is 0 Å². The molecule has 8 heteroatoms. The first-order valence-electron chi connectivity index (χ1n) is 7.57. The van der Waals surface area contributed by atoms with Gasteiger partial charge in [0.1, 0.15) is 24.6 Å². The average molecular weight is 361 g/mol. The molecule has 1 aliphatic rings. The van der Waals surface area contributed by atoms with Crippen molar-refractivity contribution in [2.45, 2.75) is 18.2 Å². The second-order valence-corrected chi connectivity index (χ2v) is 5.45. The standard InChI is InChI=1S/C16H24N2O5.ClH/c1-18(13-9-22-10-14(21-2)15(13)19)16(20)11-4-3-5-12(8-11)23-7-6-17;/h3-5,8,13-15,19H,6-7,9-10,17H2,1-2H3;1H/t13-,14-,15+;/m1./s1. The van der Waals surface area contributed by atoms with Crippen LogP contribution < -0.4 is 10.5 Å². The van der Waals surface area contributed by atoms with Crippen LogP contribution in [0.2, 0.25) is 0 Å². The van der Waals surface area contributed by atoms with E-state index in [1.165, 1.54) is 12.0 Å². The van der Waals surface area contributed by atoms with E-state index < -0.39 is 18.2 Å². The van der Waals surface area contributed by atoms with Crippen LogP contribution in [0.4, 0.5) is 0 Å². The molecule has 1 amide bonds. The topological polar surface area (TPSA) is 94.2 Å². The van der Waals surface area contributed by atoms with Crippen LogP contribution in [0.3, 0.4) is 0 Å². The molecule has 1 aliphatic heterocycles. The van der Waals surface area contributed by atoms with E-state index in [4.69, 9.17) is 19.9 Å². The molecule has 1 fully saturated rings. The summed E-state index contributed by atoms with van der Waals surface area (Å²) in [5.74, 6) is 0.373. The van der Waals surface area contributed by atoms with Crippen molar-refractivity contribution in [2.24, 2.45) is 5.73 Å². The van der Waals surface area contributed by atoms with Gasteiger partial charge in [-0.25, -0.2) is 0 Å². The molecule has 0 bridgehead atoms. The molecular formula is C16H25ClN2O5. The number of aliphatic hydroxyl groups excluding tert-OH is 1. The lowest BCUT2D eigenvalue weighted by Crippen LogP contribution is -2.56. The Labute approximate surface area is 148 Å². The maximum absolute atomic E-state index is 12.6. The van der Waals surface area contributed by atoms with E-state index in [2.05, 4.69) is 0 Å². The first kappa shape index (κ1) is 20.7. The van der Waals surface area contributed by atoms with Gasteiger partial charge in [0.05, 0.1) is 19.3 Å². The van der Waals surface area contributed by atoms with Crippen molar-refractivity contribution in [1.29, 1.82) is 0 Å². The highest BCUT2D eigenvalue weighted by molar-refractivity contribution is 5.94.